The average molecular weight is 276 g/mol. The maximum absolute atomic E-state index is 12.4. The summed E-state index contributed by atoms with van der Waals surface area (Å²) >= 11 is 0. The number of rotatable bonds is 3. The number of carbonyl (C=O) groups excluding carboxylic acids is 1. The molecule has 0 bridgehead atoms. The van der Waals surface area contributed by atoms with E-state index in [-0.39, 0.29) is 6.03 Å². The van der Waals surface area contributed by atoms with E-state index in [9.17, 15) is 14.7 Å². The van der Waals surface area contributed by atoms with E-state index < -0.39 is 11.5 Å². The predicted molar refractivity (Wildman–Crippen MR) is 77.0 cm³/mol. The smallest absolute Gasteiger partial charge is 0.329 e. The Morgan fingerprint density at radius 3 is 2.75 bits per heavy atom. The van der Waals surface area contributed by atoms with Crippen LogP contribution in [0.3, 0.4) is 0 Å². The van der Waals surface area contributed by atoms with Crippen LogP contribution < -0.4 is 10.2 Å². The standard InChI is InChI=1S/C15H20N2O3/c1-3-15(2,13(18)19)16-14(20)17-10-6-8-11-7-4-5-9-12(11)17/h4-5,7,9H,3,6,8,10H2,1-2H3,(H,16,20)(H,18,19). The molecule has 1 aliphatic heterocycles. The fraction of sp³-hybridized carbons (Fsp3) is 0.467. The van der Waals surface area contributed by atoms with E-state index in [0.717, 1.165) is 24.1 Å². The third kappa shape index (κ3) is 2.61. The molecule has 0 saturated carbocycles. The highest BCUT2D eigenvalue weighted by molar-refractivity contribution is 5.96. The lowest BCUT2D eigenvalue weighted by molar-refractivity contribution is -0.143. The zero-order valence-electron chi connectivity index (χ0n) is 11.8. The van der Waals surface area contributed by atoms with Crippen LogP contribution in [0.25, 0.3) is 0 Å². The molecule has 0 spiro atoms. The first-order valence-corrected chi connectivity index (χ1v) is 6.89. The number of anilines is 1. The Morgan fingerprint density at radius 2 is 2.10 bits per heavy atom. The molecular formula is C15H20N2O3. The van der Waals surface area contributed by atoms with Crippen molar-refractivity contribution in [3.63, 3.8) is 0 Å². The van der Waals surface area contributed by atoms with Crippen LogP contribution in [0.5, 0.6) is 0 Å². The largest absolute Gasteiger partial charge is 0.480 e. The van der Waals surface area contributed by atoms with E-state index >= 15 is 0 Å². The molecule has 1 aromatic carbocycles. The van der Waals surface area contributed by atoms with Crippen LogP contribution in [0.4, 0.5) is 10.5 Å². The monoisotopic (exact) mass is 276 g/mol. The molecule has 1 unspecified atom stereocenters. The Bertz CT molecular complexity index is 530. The summed E-state index contributed by atoms with van der Waals surface area (Å²) < 4.78 is 0. The van der Waals surface area contributed by atoms with E-state index in [0.29, 0.717) is 13.0 Å². The van der Waals surface area contributed by atoms with Crippen molar-refractivity contribution in [1.29, 1.82) is 0 Å². The molecular weight excluding hydrogens is 256 g/mol. The second-order valence-electron chi connectivity index (χ2n) is 5.30. The normalized spacial score (nSPS) is 17.0. The molecule has 0 fully saturated rings. The molecule has 20 heavy (non-hydrogen) atoms. The van der Waals surface area contributed by atoms with Gasteiger partial charge in [0.2, 0.25) is 0 Å². The van der Waals surface area contributed by atoms with Gasteiger partial charge in [0.15, 0.2) is 0 Å². The van der Waals surface area contributed by atoms with Crippen molar-refractivity contribution in [2.75, 3.05) is 11.4 Å². The molecule has 0 radical (unpaired) electrons. The van der Waals surface area contributed by atoms with E-state index in [1.807, 2.05) is 24.3 Å². The minimum absolute atomic E-state index is 0.337. The second kappa shape index (κ2) is 5.53. The van der Waals surface area contributed by atoms with Gasteiger partial charge in [0.1, 0.15) is 5.54 Å². The molecule has 5 nitrogen and oxygen atoms in total. The number of amides is 2. The van der Waals surface area contributed by atoms with Crippen LogP contribution in [0.1, 0.15) is 32.3 Å². The highest BCUT2D eigenvalue weighted by atomic mass is 16.4. The third-order valence-electron chi connectivity index (χ3n) is 3.92. The van der Waals surface area contributed by atoms with Gasteiger partial charge in [-0.2, -0.15) is 0 Å². The Kier molecular flexibility index (Phi) is 3.97. The first-order valence-electron chi connectivity index (χ1n) is 6.89. The van der Waals surface area contributed by atoms with Crippen molar-refractivity contribution < 1.29 is 14.7 Å². The lowest BCUT2D eigenvalue weighted by Gasteiger charge is -2.33. The summed E-state index contributed by atoms with van der Waals surface area (Å²) in [6.07, 6.45) is 2.17. The predicted octanol–water partition coefficient (Wildman–Crippen LogP) is 2.40. The Morgan fingerprint density at radius 1 is 1.40 bits per heavy atom. The second-order valence-corrected chi connectivity index (χ2v) is 5.30. The summed E-state index contributed by atoms with van der Waals surface area (Å²) in [5, 5.41) is 11.9. The van der Waals surface area contributed by atoms with Gasteiger partial charge in [-0.15, -0.1) is 0 Å². The van der Waals surface area contributed by atoms with Crippen molar-refractivity contribution in [2.24, 2.45) is 0 Å². The van der Waals surface area contributed by atoms with Crippen molar-refractivity contribution >= 4 is 17.7 Å². The van der Waals surface area contributed by atoms with Gasteiger partial charge in [0, 0.05) is 12.2 Å². The van der Waals surface area contributed by atoms with Crippen LogP contribution in [0.15, 0.2) is 24.3 Å². The highest BCUT2D eigenvalue weighted by Gasteiger charge is 2.35. The molecule has 0 aliphatic carbocycles. The first-order chi connectivity index (χ1) is 9.48. The van der Waals surface area contributed by atoms with Gasteiger partial charge in [-0.1, -0.05) is 25.1 Å². The maximum Gasteiger partial charge on any atom is 0.329 e. The van der Waals surface area contributed by atoms with Gasteiger partial charge < -0.3 is 10.4 Å². The van der Waals surface area contributed by atoms with Gasteiger partial charge in [0.25, 0.3) is 0 Å². The number of benzene rings is 1. The van der Waals surface area contributed by atoms with E-state index in [1.54, 1.807) is 11.8 Å². The molecule has 1 aromatic rings. The summed E-state index contributed by atoms with van der Waals surface area (Å²) in [6, 6.07) is 7.40. The topological polar surface area (TPSA) is 69.6 Å². The number of aliphatic carboxylic acids is 1. The van der Waals surface area contributed by atoms with Gasteiger partial charge >= 0.3 is 12.0 Å². The molecule has 108 valence electrons. The minimum atomic E-state index is -1.23. The van der Waals surface area contributed by atoms with Gasteiger partial charge in [-0.3, -0.25) is 4.90 Å². The highest BCUT2D eigenvalue weighted by Crippen LogP contribution is 2.27. The van der Waals surface area contributed by atoms with Crippen LogP contribution >= 0.6 is 0 Å². The molecule has 1 aliphatic rings. The van der Waals surface area contributed by atoms with Crippen molar-refractivity contribution in [3.05, 3.63) is 29.8 Å². The third-order valence-corrected chi connectivity index (χ3v) is 3.92. The first kappa shape index (κ1) is 14.4. The average Bonchev–Trinajstić information content (AvgIpc) is 2.46. The number of nitrogens with one attached hydrogen (secondary N) is 1. The summed E-state index contributed by atoms with van der Waals surface area (Å²) in [6.45, 7) is 3.89. The molecule has 1 atom stereocenters. The number of carboxylic acids is 1. The van der Waals surface area contributed by atoms with Gasteiger partial charge in [-0.05, 0) is 37.8 Å². The number of hydrogen-bond donors (Lipinski definition) is 2. The van der Waals surface area contributed by atoms with Crippen molar-refractivity contribution in [1.82, 2.24) is 5.32 Å². The van der Waals surface area contributed by atoms with E-state index in [2.05, 4.69) is 5.32 Å². The van der Waals surface area contributed by atoms with Gasteiger partial charge in [0.05, 0.1) is 0 Å². The lowest BCUT2D eigenvalue weighted by Crippen LogP contribution is -2.56. The van der Waals surface area contributed by atoms with Crippen LogP contribution in [-0.4, -0.2) is 29.2 Å². The summed E-state index contributed by atoms with van der Waals surface area (Å²) in [5.41, 5.74) is 0.770. The van der Waals surface area contributed by atoms with E-state index in [1.165, 1.54) is 6.92 Å². The van der Waals surface area contributed by atoms with Crippen LogP contribution in [-0.2, 0) is 11.2 Å². The lowest BCUT2D eigenvalue weighted by atomic mass is 9.99. The number of nitrogens with zero attached hydrogens (tertiary/aromatic N) is 1. The van der Waals surface area contributed by atoms with Crippen molar-refractivity contribution in [2.45, 2.75) is 38.6 Å². The molecule has 2 N–H and O–H groups in total. The molecule has 5 heteroatoms. The zero-order valence-corrected chi connectivity index (χ0v) is 11.8. The summed E-state index contributed by atoms with van der Waals surface area (Å²) in [5.74, 6) is -1.02. The van der Waals surface area contributed by atoms with Gasteiger partial charge in [-0.25, -0.2) is 9.59 Å². The molecule has 0 aromatic heterocycles. The molecule has 2 rings (SSSR count). The number of fused-ring (bicyclic) bond motifs is 1. The number of carbonyl (C=O) groups is 2. The number of para-hydroxylation sites is 1. The fourth-order valence-corrected chi connectivity index (χ4v) is 2.34. The molecule has 1 heterocycles. The molecule has 2 amide bonds. The van der Waals surface area contributed by atoms with Crippen molar-refractivity contribution in [3.8, 4) is 0 Å². The van der Waals surface area contributed by atoms with E-state index in [4.69, 9.17) is 0 Å². The Labute approximate surface area is 118 Å². The Balaban J connectivity index is 2.21. The SMILES string of the molecule is CCC(C)(NC(=O)N1CCCc2ccccc21)C(=O)O. The quantitative estimate of drug-likeness (QED) is 0.890. The summed E-state index contributed by atoms with van der Waals surface area (Å²) in [4.78, 5) is 25.3. The minimum Gasteiger partial charge on any atom is -0.480 e. The summed E-state index contributed by atoms with van der Waals surface area (Å²) in [7, 11) is 0. The maximum atomic E-state index is 12.4. The number of carboxylic acid groups (broad SMARTS) is 1. The van der Waals surface area contributed by atoms with Crippen LogP contribution in [0.2, 0.25) is 0 Å². The Hall–Kier alpha value is -2.04. The zero-order chi connectivity index (χ0) is 14.8. The fourth-order valence-electron chi connectivity index (χ4n) is 2.34. The van der Waals surface area contributed by atoms with Crippen LogP contribution in [0, 0.1) is 0 Å². The number of urea groups is 1. The number of hydrogen-bond acceptors (Lipinski definition) is 2. The number of aryl methyl sites for hydroxylation is 1. The molecule has 0 saturated heterocycles.